The summed E-state index contributed by atoms with van der Waals surface area (Å²) in [6, 6.07) is 9.52. The molecule has 6 nitrogen and oxygen atoms in total. The third-order valence-electron chi connectivity index (χ3n) is 3.70. The Kier molecular flexibility index (Phi) is 5.72. The van der Waals surface area contributed by atoms with E-state index in [1.54, 1.807) is 10.8 Å². The summed E-state index contributed by atoms with van der Waals surface area (Å²) in [6.07, 6.45) is 5.92. The van der Waals surface area contributed by atoms with E-state index < -0.39 is 0 Å². The van der Waals surface area contributed by atoms with Crippen molar-refractivity contribution in [1.29, 1.82) is 0 Å². The minimum Gasteiger partial charge on any atom is -0.336 e. The van der Waals surface area contributed by atoms with Gasteiger partial charge in [0.25, 0.3) is 5.91 Å². The Hall–Kier alpha value is -2.32. The Balaban J connectivity index is 1.76. The smallest absolute Gasteiger partial charge is 0.276 e. The van der Waals surface area contributed by atoms with E-state index in [-0.39, 0.29) is 5.91 Å². The molecule has 25 heavy (non-hydrogen) atoms. The molecule has 0 radical (unpaired) electrons. The van der Waals surface area contributed by atoms with E-state index in [1.165, 1.54) is 24.2 Å². The van der Waals surface area contributed by atoms with Gasteiger partial charge < -0.3 is 4.98 Å². The number of hydrogen-bond donors (Lipinski definition) is 2. The van der Waals surface area contributed by atoms with E-state index in [2.05, 4.69) is 27.4 Å². The molecular formula is C17H19N5OS2. The highest BCUT2D eigenvalue weighted by Crippen LogP contribution is 2.19. The molecule has 3 rings (SSSR count). The summed E-state index contributed by atoms with van der Waals surface area (Å²) in [5.41, 5.74) is 1.26. The standard InChI is InChI=1S/C17H19N5OS2/c1-2-3-5-10-14-20-21-16(25-14)19-15(23)13-11-18-17(24)22(13)12-8-6-4-7-9-12/h4,6-9,11H,2-3,5,10H2,1H3,(H,18,24)(H,19,21,23). The molecule has 0 fully saturated rings. The fourth-order valence-electron chi connectivity index (χ4n) is 2.46. The number of aromatic amines is 1. The van der Waals surface area contributed by atoms with Gasteiger partial charge in [-0.3, -0.25) is 14.7 Å². The van der Waals surface area contributed by atoms with Crippen molar-refractivity contribution in [2.75, 3.05) is 5.32 Å². The van der Waals surface area contributed by atoms with Crippen molar-refractivity contribution in [1.82, 2.24) is 19.7 Å². The molecular weight excluding hydrogens is 354 g/mol. The maximum Gasteiger partial charge on any atom is 0.276 e. The lowest BCUT2D eigenvalue weighted by Crippen LogP contribution is -2.16. The molecule has 0 saturated carbocycles. The average molecular weight is 374 g/mol. The zero-order valence-corrected chi connectivity index (χ0v) is 15.5. The topological polar surface area (TPSA) is 75.6 Å². The number of benzene rings is 1. The first-order chi connectivity index (χ1) is 12.2. The number of imidazole rings is 1. The van der Waals surface area contributed by atoms with Crippen molar-refractivity contribution < 1.29 is 4.79 Å². The number of rotatable bonds is 7. The fourth-order valence-corrected chi connectivity index (χ4v) is 3.50. The molecule has 8 heteroatoms. The Labute approximate surface area is 154 Å². The molecule has 0 unspecified atom stereocenters. The summed E-state index contributed by atoms with van der Waals surface area (Å²) < 4.78 is 2.17. The number of nitrogens with zero attached hydrogens (tertiary/aromatic N) is 3. The number of amides is 1. The van der Waals surface area contributed by atoms with Crippen LogP contribution >= 0.6 is 23.6 Å². The summed E-state index contributed by atoms with van der Waals surface area (Å²) in [5, 5.41) is 12.5. The van der Waals surface area contributed by atoms with Crippen molar-refractivity contribution in [3.8, 4) is 5.69 Å². The average Bonchev–Trinajstić information content (AvgIpc) is 3.22. The van der Waals surface area contributed by atoms with Crippen LogP contribution in [0.5, 0.6) is 0 Å². The van der Waals surface area contributed by atoms with Crippen LogP contribution in [0.1, 0.15) is 41.7 Å². The SMILES string of the molecule is CCCCCc1nnc(NC(=O)c2c[nH]c(=S)n2-c2ccccc2)s1. The van der Waals surface area contributed by atoms with Gasteiger partial charge in [-0.15, -0.1) is 10.2 Å². The number of carbonyl (C=O) groups excluding carboxylic acids is 1. The molecule has 0 aliphatic rings. The van der Waals surface area contributed by atoms with Crippen molar-refractivity contribution in [2.45, 2.75) is 32.6 Å². The lowest BCUT2D eigenvalue weighted by Gasteiger charge is -2.07. The molecule has 1 aromatic carbocycles. The van der Waals surface area contributed by atoms with Crippen LogP contribution in [0.15, 0.2) is 36.5 Å². The first-order valence-electron chi connectivity index (χ1n) is 8.18. The number of unbranched alkanes of at least 4 members (excludes halogenated alkanes) is 2. The second kappa shape index (κ2) is 8.17. The number of carbonyl (C=O) groups is 1. The predicted molar refractivity (Wildman–Crippen MR) is 102 cm³/mol. The maximum atomic E-state index is 12.6. The van der Waals surface area contributed by atoms with Crippen molar-refractivity contribution in [2.24, 2.45) is 0 Å². The second-order valence-electron chi connectivity index (χ2n) is 5.56. The molecule has 2 heterocycles. The monoisotopic (exact) mass is 373 g/mol. The first-order valence-corrected chi connectivity index (χ1v) is 9.41. The Bertz CT molecular complexity index is 897. The van der Waals surface area contributed by atoms with Gasteiger partial charge in [0.05, 0.1) is 0 Å². The van der Waals surface area contributed by atoms with E-state index in [0.717, 1.165) is 23.5 Å². The molecule has 0 aliphatic heterocycles. The van der Waals surface area contributed by atoms with Crippen LogP contribution in [-0.4, -0.2) is 25.7 Å². The zero-order valence-electron chi connectivity index (χ0n) is 13.9. The molecule has 0 saturated heterocycles. The van der Waals surface area contributed by atoms with Crippen molar-refractivity contribution in [3.63, 3.8) is 0 Å². The minimum absolute atomic E-state index is 0.271. The third-order valence-corrected chi connectivity index (χ3v) is 4.90. The third kappa shape index (κ3) is 4.21. The number of aromatic nitrogens is 4. The number of hydrogen-bond acceptors (Lipinski definition) is 5. The highest BCUT2D eigenvalue weighted by atomic mass is 32.1. The van der Waals surface area contributed by atoms with Gasteiger partial charge in [-0.05, 0) is 30.8 Å². The first kappa shape index (κ1) is 17.5. The molecule has 3 aromatic rings. The van der Waals surface area contributed by atoms with Gasteiger partial charge in [-0.2, -0.15) is 0 Å². The Morgan fingerprint density at radius 3 is 2.84 bits per heavy atom. The molecule has 130 valence electrons. The number of aryl methyl sites for hydroxylation is 1. The van der Waals surface area contributed by atoms with Crippen molar-refractivity contribution >= 4 is 34.6 Å². The number of nitrogens with one attached hydrogen (secondary N) is 2. The number of para-hydroxylation sites is 1. The maximum absolute atomic E-state index is 12.6. The molecule has 0 atom stereocenters. The minimum atomic E-state index is -0.271. The van der Waals surface area contributed by atoms with E-state index >= 15 is 0 Å². The lowest BCUT2D eigenvalue weighted by atomic mass is 10.2. The van der Waals surface area contributed by atoms with Crippen LogP contribution in [0.2, 0.25) is 0 Å². The number of anilines is 1. The Morgan fingerprint density at radius 2 is 2.08 bits per heavy atom. The molecule has 2 aromatic heterocycles. The van der Waals surface area contributed by atoms with Crippen LogP contribution < -0.4 is 5.32 Å². The number of H-pyrrole nitrogens is 1. The molecule has 1 amide bonds. The molecule has 2 N–H and O–H groups in total. The predicted octanol–water partition coefficient (Wildman–Crippen LogP) is 4.37. The van der Waals surface area contributed by atoms with Gasteiger partial charge in [0, 0.05) is 18.3 Å². The van der Waals surface area contributed by atoms with Gasteiger partial charge in [0.15, 0.2) is 4.77 Å². The van der Waals surface area contributed by atoms with Gasteiger partial charge in [0.1, 0.15) is 10.7 Å². The van der Waals surface area contributed by atoms with E-state index in [9.17, 15) is 4.79 Å². The second-order valence-corrected chi connectivity index (χ2v) is 7.01. The van der Waals surface area contributed by atoms with Crippen LogP contribution in [0.3, 0.4) is 0 Å². The van der Waals surface area contributed by atoms with Crippen LogP contribution in [0.25, 0.3) is 5.69 Å². The highest BCUT2D eigenvalue weighted by Gasteiger charge is 2.16. The van der Waals surface area contributed by atoms with E-state index in [0.29, 0.717) is 15.6 Å². The van der Waals surface area contributed by atoms with E-state index in [1.807, 2.05) is 30.3 Å². The highest BCUT2D eigenvalue weighted by molar-refractivity contribution is 7.71. The summed E-state index contributed by atoms with van der Waals surface area (Å²) in [7, 11) is 0. The largest absolute Gasteiger partial charge is 0.336 e. The Morgan fingerprint density at radius 1 is 1.28 bits per heavy atom. The van der Waals surface area contributed by atoms with Gasteiger partial charge in [-0.25, -0.2) is 0 Å². The van der Waals surface area contributed by atoms with Crippen LogP contribution in [0, 0.1) is 4.77 Å². The summed E-state index contributed by atoms with van der Waals surface area (Å²) >= 11 is 6.72. The normalized spacial score (nSPS) is 10.8. The lowest BCUT2D eigenvalue weighted by molar-refractivity contribution is 0.102. The summed E-state index contributed by atoms with van der Waals surface area (Å²) in [5.74, 6) is -0.271. The van der Waals surface area contributed by atoms with Crippen molar-refractivity contribution in [3.05, 3.63) is 52.0 Å². The van der Waals surface area contributed by atoms with E-state index in [4.69, 9.17) is 12.2 Å². The van der Waals surface area contributed by atoms with Crippen LogP contribution in [-0.2, 0) is 6.42 Å². The molecule has 0 aliphatic carbocycles. The summed E-state index contributed by atoms with van der Waals surface area (Å²) in [4.78, 5) is 15.6. The molecule has 0 bridgehead atoms. The zero-order chi connectivity index (χ0) is 17.6. The quantitative estimate of drug-likeness (QED) is 0.476. The van der Waals surface area contributed by atoms with Crippen LogP contribution in [0.4, 0.5) is 5.13 Å². The van der Waals surface area contributed by atoms with Gasteiger partial charge >= 0.3 is 0 Å². The molecule has 0 spiro atoms. The van der Waals surface area contributed by atoms with Gasteiger partial charge in [0.2, 0.25) is 5.13 Å². The van der Waals surface area contributed by atoms with Gasteiger partial charge in [-0.1, -0.05) is 49.3 Å². The summed E-state index contributed by atoms with van der Waals surface area (Å²) in [6.45, 7) is 2.16. The fraction of sp³-hybridized carbons (Fsp3) is 0.294.